The largest absolute Gasteiger partial charge is 0.396 e. The molecule has 1 aromatic carbocycles. The van der Waals surface area contributed by atoms with Gasteiger partial charge in [-0.25, -0.2) is 4.39 Å². The number of hydrogen-bond donors (Lipinski definition) is 2. The highest BCUT2D eigenvalue weighted by Gasteiger charge is 2.12. The van der Waals surface area contributed by atoms with Crippen LogP contribution in [0.2, 0.25) is 0 Å². The number of halogens is 1. The van der Waals surface area contributed by atoms with Crippen LogP contribution in [0, 0.1) is 5.82 Å². The van der Waals surface area contributed by atoms with Gasteiger partial charge >= 0.3 is 0 Å². The molecule has 1 aromatic rings. The second kappa shape index (κ2) is 4.35. The maximum absolute atomic E-state index is 13.4. The first kappa shape index (κ1) is 10.2. The average molecular weight is 184 g/mol. The highest BCUT2D eigenvalue weighted by Crippen LogP contribution is 2.20. The van der Waals surface area contributed by atoms with E-state index in [1.54, 1.807) is 19.1 Å². The Morgan fingerprint density at radius 2 is 2.08 bits per heavy atom. The summed E-state index contributed by atoms with van der Waals surface area (Å²) < 4.78 is 13.4. The van der Waals surface area contributed by atoms with Crippen LogP contribution in [0.3, 0.4) is 0 Å². The third-order valence-electron chi connectivity index (χ3n) is 2.08. The summed E-state index contributed by atoms with van der Waals surface area (Å²) in [6.45, 7) is 1.34. The monoisotopic (exact) mass is 184 g/mol. The Kier molecular flexibility index (Phi) is 3.39. The molecule has 0 radical (unpaired) electrons. The van der Waals surface area contributed by atoms with Crippen LogP contribution in [0.4, 0.5) is 4.39 Å². The standard InChI is InChI=1S/C10H13FO2/c1-7(5-12)9-4-2-3-8(6-13)10(9)11/h2-4,7,12-13H,5-6H2,1H3. The fourth-order valence-electron chi connectivity index (χ4n) is 1.20. The lowest BCUT2D eigenvalue weighted by Gasteiger charge is -2.11. The van der Waals surface area contributed by atoms with Gasteiger partial charge in [-0.2, -0.15) is 0 Å². The zero-order valence-electron chi connectivity index (χ0n) is 7.50. The number of hydrogen-bond acceptors (Lipinski definition) is 2. The summed E-state index contributed by atoms with van der Waals surface area (Å²) in [4.78, 5) is 0. The number of benzene rings is 1. The molecular formula is C10H13FO2. The highest BCUT2D eigenvalue weighted by atomic mass is 19.1. The minimum atomic E-state index is -0.411. The molecule has 0 bridgehead atoms. The lowest BCUT2D eigenvalue weighted by molar-refractivity contribution is 0.264. The smallest absolute Gasteiger partial charge is 0.132 e. The summed E-state index contributed by atoms with van der Waals surface area (Å²) >= 11 is 0. The van der Waals surface area contributed by atoms with Gasteiger partial charge in [0.25, 0.3) is 0 Å². The van der Waals surface area contributed by atoms with Crippen molar-refractivity contribution in [3.8, 4) is 0 Å². The topological polar surface area (TPSA) is 40.5 Å². The molecule has 1 unspecified atom stereocenters. The maximum atomic E-state index is 13.4. The second-order valence-electron chi connectivity index (χ2n) is 3.06. The summed E-state index contributed by atoms with van der Waals surface area (Å²) in [6, 6.07) is 4.83. The second-order valence-corrected chi connectivity index (χ2v) is 3.06. The van der Waals surface area contributed by atoms with Gasteiger partial charge in [0.05, 0.1) is 6.61 Å². The van der Waals surface area contributed by atoms with Crippen molar-refractivity contribution < 1.29 is 14.6 Å². The molecule has 72 valence electrons. The maximum Gasteiger partial charge on any atom is 0.132 e. The van der Waals surface area contributed by atoms with Crippen LogP contribution in [-0.2, 0) is 6.61 Å². The molecule has 0 spiro atoms. The van der Waals surface area contributed by atoms with Crippen molar-refractivity contribution in [1.82, 2.24) is 0 Å². The lowest BCUT2D eigenvalue weighted by Crippen LogP contribution is -2.04. The van der Waals surface area contributed by atoms with E-state index in [-0.39, 0.29) is 24.7 Å². The molecule has 0 saturated carbocycles. The molecule has 0 aliphatic heterocycles. The third kappa shape index (κ3) is 2.05. The number of aliphatic hydroxyl groups is 2. The number of rotatable bonds is 3. The first-order valence-corrected chi connectivity index (χ1v) is 4.19. The Balaban J connectivity index is 3.08. The molecule has 0 heterocycles. The van der Waals surface area contributed by atoms with Gasteiger partial charge in [-0.1, -0.05) is 25.1 Å². The molecule has 3 heteroatoms. The van der Waals surface area contributed by atoms with Crippen molar-refractivity contribution in [2.24, 2.45) is 0 Å². The molecule has 0 aromatic heterocycles. The molecule has 0 amide bonds. The fourth-order valence-corrected chi connectivity index (χ4v) is 1.20. The van der Waals surface area contributed by atoms with Crippen molar-refractivity contribution in [3.05, 3.63) is 35.1 Å². The van der Waals surface area contributed by atoms with E-state index in [9.17, 15) is 4.39 Å². The van der Waals surface area contributed by atoms with Crippen LogP contribution < -0.4 is 0 Å². The average Bonchev–Trinajstić information content (AvgIpc) is 2.17. The Hall–Kier alpha value is -0.930. The van der Waals surface area contributed by atoms with E-state index in [1.165, 1.54) is 6.07 Å². The van der Waals surface area contributed by atoms with Crippen molar-refractivity contribution in [2.45, 2.75) is 19.4 Å². The zero-order valence-corrected chi connectivity index (χ0v) is 7.50. The molecule has 0 aliphatic carbocycles. The first-order valence-electron chi connectivity index (χ1n) is 4.19. The van der Waals surface area contributed by atoms with Crippen LogP contribution in [-0.4, -0.2) is 16.8 Å². The van der Waals surface area contributed by atoms with Crippen LogP contribution >= 0.6 is 0 Å². The Morgan fingerprint density at radius 1 is 1.38 bits per heavy atom. The van der Waals surface area contributed by atoms with E-state index >= 15 is 0 Å². The Labute approximate surface area is 76.6 Å². The van der Waals surface area contributed by atoms with Crippen LogP contribution in [0.1, 0.15) is 24.0 Å². The van der Waals surface area contributed by atoms with Crippen molar-refractivity contribution in [1.29, 1.82) is 0 Å². The minimum absolute atomic E-state index is 0.0915. The van der Waals surface area contributed by atoms with Gasteiger partial charge in [-0.3, -0.25) is 0 Å². The van der Waals surface area contributed by atoms with Gasteiger partial charge in [0.15, 0.2) is 0 Å². The first-order chi connectivity index (χ1) is 6.20. The molecule has 1 atom stereocenters. The van der Waals surface area contributed by atoms with Gasteiger partial charge in [0, 0.05) is 18.1 Å². The fraction of sp³-hybridized carbons (Fsp3) is 0.400. The molecule has 2 nitrogen and oxygen atoms in total. The van der Waals surface area contributed by atoms with Gasteiger partial charge < -0.3 is 10.2 Å². The van der Waals surface area contributed by atoms with Crippen LogP contribution in [0.5, 0.6) is 0 Å². The Bertz CT molecular complexity index is 286. The molecule has 0 aliphatic rings. The van der Waals surface area contributed by atoms with Crippen molar-refractivity contribution in [2.75, 3.05) is 6.61 Å². The van der Waals surface area contributed by atoms with Crippen molar-refractivity contribution in [3.63, 3.8) is 0 Å². The minimum Gasteiger partial charge on any atom is -0.396 e. The van der Waals surface area contributed by atoms with E-state index in [2.05, 4.69) is 0 Å². The summed E-state index contributed by atoms with van der Waals surface area (Å²) in [5.41, 5.74) is 0.729. The molecule has 0 saturated heterocycles. The van der Waals surface area contributed by atoms with Gasteiger partial charge in [0.2, 0.25) is 0 Å². The van der Waals surface area contributed by atoms with E-state index in [0.29, 0.717) is 5.56 Å². The van der Waals surface area contributed by atoms with E-state index in [1.807, 2.05) is 0 Å². The predicted molar refractivity (Wildman–Crippen MR) is 47.8 cm³/mol. The SMILES string of the molecule is CC(CO)c1cccc(CO)c1F. The Morgan fingerprint density at radius 3 is 2.62 bits per heavy atom. The quantitative estimate of drug-likeness (QED) is 0.745. The van der Waals surface area contributed by atoms with Crippen LogP contribution in [0.15, 0.2) is 18.2 Å². The van der Waals surface area contributed by atoms with Gasteiger partial charge in [-0.15, -0.1) is 0 Å². The highest BCUT2D eigenvalue weighted by molar-refractivity contribution is 5.28. The van der Waals surface area contributed by atoms with Crippen molar-refractivity contribution >= 4 is 0 Å². The summed E-state index contributed by atoms with van der Waals surface area (Å²) in [6.07, 6.45) is 0. The summed E-state index contributed by atoms with van der Waals surface area (Å²) in [7, 11) is 0. The molecule has 2 N–H and O–H groups in total. The zero-order chi connectivity index (χ0) is 9.84. The van der Waals surface area contributed by atoms with Gasteiger partial charge in [-0.05, 0) is 5.56 Å². The molecule has 13 heavy (non-hydrogen) atoms. The number of aliphatic hydroxyl groups excluding tert-OH is 2. The van der Waals surface area contributed by atoms with E-state index in [4.69, 9.17) is 10.2 Å². The predicted octanol–water partition coefficient (Wildman–Crippen LogP) is 1.41. The van der Waals surface area contributed by atoms with E-state index in [0.717, 1.165) is 0 Å². The molecule has 1 rings (SSSR count). The molecule has 0 fully saturated rings. The van der Waals surface area contributed by atoms with Crippen LogP contribution in [0.25, 0.3) is 0 Å². The summed E-state index contributed by atoms with van der Waals surface area (Å²) in [5, 5.41) is 17.6. The summed E-state index contributed by atoms with van der Waals surface area (Å²) in [5.74, 6) is -0.641. The third-order valence-corrected chi connectivity index (χ3v) is 2.08. The van der Waals surface area contributed by atoms with E-state index < -0.39 is 5.82 Å². The normalized spacial score (nSPS) is 12.9. The lowest BCUT2D eigenvalue weighted by atomic mass is 9.99. The molecular weight excluding hydrogens is 171 g/mol. The van der Waals surface area contributed by atoms with Gasteiger partial charge in [0.1, 0.15) is 5.82 Å².